The first-order chi connectivity index (χ1) is 7.02. The molecule has 1 N–H and O–H groups in total. The average molecular weight is 237 g/mol. The van der Waals surface area contributed by atoms with E-state index in [0.717, 1.165) is 6.42 Å². The second-order valence-corrected chi connectivity index (χ2v) is 4.92. The highest BCUT2D eigenvalue weighted by atomic mass is 32.2. The number of hydrogen-bond donors (Lipinski definition) is 1. The lowest BCUT2D eigenvalue weighted by Gasteiger charge is -2.21. The molecule has 0 radical (unpaired) electrons. The summed E-state index contributed by atoms with van der Waals surface area (Å²) in [5.74, 6) is 0. The van der Waals surface area contributed by atoms with Gasteiger partial charge in [-0.05, 0) is 12.8 Å². The van der Waals surface area contributed by atoms with Crippen molar-refractivity contribution in [3.8, 4) is 0 Å². The molecule has 0 saturated carbocycles. The SMILES string of the molecule is O=C(O)N1[C@@H]([C@@H]2CCCO2)COS1(=O)=O. The lowest BCUT2D eigenvalue weighted by atomic mass is 10.1. The first-order valence-electron chi connectivity index (χ1n) is 4.55. The van der Waals surface area contributed by atoms with Crippen molar-refractivity contribution in [2.75, 3.05) is 13.2 Å². The molecule has 0 unspecified atom stereocenters. The monoisotopic (exact) mass is 237 g/mol. The van der Waals surface area contributed by atoms with Crippen molar-refractivity contribution in [3.05, 3.63) is 0 Å². The number of amides is 1. The van der Waals surface area contributed by atoms with Crippen molar-refractivity contribution in [1.82, 2.24) is 4.31 Å². The molecule has 0 aromatic carbocycles. The number of carbonyl (C=O) groups is 1. The lowest BCUT2D eigenvalue weighted by Crippen LogP contribution is -2.44. The minimum Gasteiger partial charge on any atom is -0.464 e. The minimum absolute atomic E-state index is 0.153. The van der Waals surface area contributed by atoms with Gasteiger partial charge in [0.05, 0.1) is 12.7 Å². The van der Waals surface area contributed by atoms with E-state index in [-0.39, 0.29) is 12.7 Å². The van der Waals surface area contributed by atoms with E-state index in [1.807, 2.05) is 0 Å². The van der Waals surface area contributed by atoms with E-state index in [4.69, 9.17) is 9.84 Å². The summed E-state index contributed by atoms with van der Waals surface area (Å²) >= 11 is 0. The molecule has 7 nitrogen and oxygen atoms in total. The van der Waals surface area contributed by atoms with Gasteiger partial charge >= 0.3 is 16.4 Å². The van der Waals surface area contributed by atoms with Crippen molar-refractivity contribution in [3.63, 3.8) is 0 Å². The van der Waals surface area contributed by atoms with E-state index < -0.39 is 22.4 Å². The van der Waals surface area contributed by atoms with Gasteiger partial charge in [-0.15, -0.1) is 0 Å². The summed E-state index contributed by atoms with van der Waals surface area (Å²) in [6.45, 7) is 0.383. The van der Waals surface area contributed by atoms with Crippen LogP contribution >= 0.6 is 0 Å². The lowest BCUT2D eigenvalue weighted by molar-refractivity contribution is 0.0527. The molecule has 0 bridgehead atoms. The highest BCUT2D eigenvalue weighted by molar-refractivity contribution is 7.85. The summed E-state index contributed by atoms with van der Waals surface area (Å²) in [5, 5.41) is 8.79. The van der Waals surface area contributed by atoms with Crippen LogP contribution < -0.4 is 0 Å². The van der Waals surface area contributed by atoms with Gasteiger partial charge in [-0.2, -0.15) is 12.7 Å². The van der Waals surface area contributed by atoms with Crippen molar-refractivity contribution in [1.29, 1.82) is 0 Å². The maximum Gasteiger partial charge on any atom is 0.423 e. The molecule has 1 amide bonds. The van der Waals surface area contributed by atoms with Crippen LogP contribution in [-0.4, -0.2) is 49.3 Å². The van der Waals surface area contributed by atoms with E-state index in [0.29, 0.717) is 17.3 Å². The standard InChI is InChI=1S/C7H11NO6S/c9-7(10)8-5(4-14-15(8,11)12)6-2-1-3-13-6/h5-6H,1-4H2,(H,9,10)/t5-,6+/m1/s1. The summed E-state index contributed by atoms with van der Waals surface area (Å²) in [6.07, 6.45) is -0.423. The first kappa shape index (κ1) is 10.7. The van der Waals surface area contributed by atoms with Crippen LogP contribution in [0.4, 0.5) is 4.79 Å². The third-order valence-corrected chi connectivity index (χ3v) is 3.86. The number of nitrogens with zero attached hydrogens (tertiary/aromatic N) is 1. The Morgan fingerprint density at radius 1 is 1.47 bits per heavy atom. The first-order valence-corrected chi connectivity index (χ1v) is 5.92. The fourth-order valence-electron chi connectivity index (χ4n) is 1.85. The third-order valence-electron chi connectivity index (χ3n) is 2.51. The van der Waals surface area contributed by atoms with Crippen LogP contribution in [0.5, 0.6) is 0 Å². The van der Waals surface area contributed by atoms with Crippen LogP contribution in [0.15, 0.2) is 0 Å². The molecule has 15 heavy (non-hydrogen) atoms. The number of ether oxygens (including phenoxy) is 1. The van der Waals surface area contributed by atoms with Crippen LogP contribution in [0.25, 0.3) is 0 Å². The summed E-state index contributed by atoms with van der Waals surface area (Å²) < 4.78 is 32.6. The molecular weight excluding hydrogens is 226 g/mol. The molecule has 0 spiro atoms. The molecule has 2 saturated heterocycles. The molecule has 2 aliphatic rings. The molecule has 0 aliphatic carbocycles. The van der Waals surface area contributed by atoms with Crippen LogP contribution in [0.2, 0.25) is 0 Å². The molecule has 2 fully saturated rings. The summed E-state index contributed by atoms with van der Waals surface area (Å²) in [5.41, 5.74) is 0. The predicted octanol–water partition coefficient (Wildman–Crippen LogP) is -0.211. The highest BCUT2D eigenvalue weighted by Gasteiger charge is 2.47. The van der Waals surface area contributed by atoms with E-state index in [2.05, 4.69) is 4.18 Å². The Hall–Kier alpha value is -0.860. The maximum absolute atomic E-state index is 11.2. The van der Waals surface area contributed by atoms with Gasteiger partial charge in [-0.25, -0.2) is 4.79 Å². The van der Waals surface area contributed by atoms with Crippen molar-refractivity contribution >= 4 is 16.4 Å². The van der Waals surface area contributed by atoms with Crippen LogP contribution in [0.3, 0.4) is 0 Å². The summed E-state index contributed by atoms with van der Waals surface area (Å²) in [6, 6.07) is -0.741. The Labute approximate surface area is 86.8 Å². The Kier molecular flexibility index (Phi) is 2.57. The maximum atomic E-state index is 11.2. The molecule has 0 aromatic heterocycles. The molecule has 0 aromatic rings. The van der Waals surface area contributed by atoms with Gasteiger partial charge in [0.25, 0.3) is 0 Å². The Bertz CT molecular complexity index is 360. The molecular formula is C7H11NO6S. The van der Waals surface area contributed by atoms with E-state index in [9.17, 15) is 13.2 Å². The van der Waals surface area contributed by atoms with E-state index >= 15 is 0 Å². The van der Waals surface area contributed by atoms with Gasteiger partial charge < -0.3 is 9.84 Å². The van der Waals surface area contributed by atoms with Gasteiger partial charge in [0.2, 0.25) is 0 Å². The van der Waals surface area contributed by atoms with Gasteiger partial charge in [-0.1, -0.05) is 0 Å². The smallest absolute Gasteiger partial charge is 0.423 e. The normalized spacial score (nSPS) is 34.5. The molecule has 2 aliphatic heterocycles. The number of rotatable bonds is 1. The average Bonchev–Trinajstić information content (AvgIpc) is 2.69. The zero-order valence-electron chi connectivity index (χ0n) is 7.83. The zero-order valence-corrected chi connectivity index (χ0v) is 8.64. The van der Waals surface area contributed by atoms with Gasteiger partial charge in [-0.3, -0.25) is 4.18 Å². The second-order valence-electron chi connectivity index (χ2n) is 3.44. The zero-order chi connectivity index (χ0) is 11.1. The fourth-order valence-corrected chi connectivity index (χ4v) is 2.99. The summed E-state index contributed by atoms with van der Waals surface area (Å²) in [4.78, 5) is 10.8. The quantitative estimate of drug-likeness (QED) is 0.678. The topological polar surface area (TPSA) is 93.1 Å². The van der Waals surface area contributed by atoms with Crippen molar-refractivity contribution in [2.45, 2.75) is 25.0 Å². The Morgan fingerprint density at radius 2 is 2.20 bits per heavy atom. The number of hydrogen-bond acceptors (Lipinski definition) is 5. The highest BCUT2D eigenvalue weighted by Crippen LogP contribution is 2.27. The third kappa shape index (κ3) is 1.80. The van der Waals surface area contributed by atoms with E-state index in [1.165, 1.54) is 0 Å². The summed E-state index contributed by atoms with van der Waals surface area (Å²) in [7, 11) is -4.12. The molecule has 2 heterocycles. The largest absolute Gasteiger partial charge is 0.464 e. The van der Waals surface area contributed by atoms with Gasteiger partial charge in [0.15, 0.2) is 0 Å². The molecule has 8 heteroatoms. The Balaban J connectivity index is 2.22. The fraction of sp³-hybridized carbons (Fsp3) is 0.857. The molecule has 2 rings (SSSR count). The Morgan fingerprint density at radius 3 is 2.73 bits per heavy atom. The van der Waals surface area contributed by atoms with Crippen LogP contribution in [-0.2, 0) is 19.2 Å². The van der Waals surface area contributed by atoms with Crippen LogP contribution in [0, 0.1) is 0 Å². The second kappa shape index (κ2) is 3.62. The predicted molar refractivity (Wildman–Crippen MR) is 47.5 cm³/mol. The van der Waals surface area contributed by atoms with Crippen molar-refractivity contribution in [2.24, 2.45) is 0 Å². The van der Waals surface area contributed by atoms with Gasteiger partial charge in [0, 0.05) is 6.61 Å². The van der Waals surface area contributed by atoms with E-state index in [1.54, 1.807) is 0 Å². The molecule has 86 valence electrons. The minimum atomic E-state index is -4.12. The number of carboxylic acid groups (broad SMARTS) is 1. The molecule has 2 atom stereocenters. The van der Waals surface area contributed by atoms with Gasteiger partial charge in [0.1, 0.15) is 6.04 Å². The van der Waals surface area contributed by atoms with Crippen molar-refractivity contribution < 1.29 is 27.2 Å². The van der Waals surface area contributed by atoms with Crippen LogP contribution in [0.1, 0.15) is 12.8 Å².